The van der Waals surface area contributed by atoms with Crippen molar-refractivity contribution in [3.63, 3.8) is 0 Å². The summed E-state index contributed by atoms with van der Waals surface area (Å²) in [4.78, 5) is 24.3. The summed E-state index contributed by atoms with van der Waals surface area (Å²) in [5.74, 6) is -0.208. The second-order valence-electron chi connectivity index (χ2n) is 5.43. The number of benzene rings is 2. The van der Waals surface area contributed by atoms with Crippen molar-refractivity contribution in [1.82, 2.24) is 4.57 Å². The molecule has 0 atom stereocenters. The Morgan fingerprint density at radius 1 is 1.17 bits per heavy atom. The molecule has 6 heteroatoms. The fourth-order valence-electron chi connectivity index (χ4n) is 2.51. The molecule has 1 aromatic heterocycles. The molecule has 0 saturated carbocycles. The number of amides is 1. The predicted octanol–water partition coefficient (Wildman–Crippen LogP) is 4.26. The van der Waals surface area contributed by atoms with E-state index in [-0.39, 0.29) is 17.9 Å². The minimum absolute atomic E-state index is 0.0738. The van der Waals surface area contributed by atoms with Crippen molar-refractivity contribution in [3.8, 4) is 0 Å². The standard InChI is InChI=1S/C18H14Cl2N2O2/c1-11-14(20)3-2-4-15(11)21-18(24)10-22-8-7-17(23)13-9-12(19)5-6-16(13)22/h2-9H,10H2,1H3,(H,21,24). The summed E-state index contributed by atoms with van der Waals surface area (Å²) in [6.45, 7) is 1.92. The van der Waals surface area contributed by atoms with E-state index in [4.69, 9.17) is 23.2 Å². The van der Waals surface area contributed by atoms with Crippen LogP contribution in [0, 0.1) is 6.92 Å². The minimum atomic E-state index is -0.208. The Morgan fingerprint density at radius 3 is 2.75 bits per heavy atom. The van der Waals surface area contributed by atoms with Crippen LogP contribution < -0.4 is 10.7 Å². The molecular weight excluding hydrogens is 347 g/mol. The van der Waals surface area contributed by atoms with Crippen LogP contribution in [0.25, 0.3) is 10.9 Å². The van der Waals surface area contributed by atoms with Crippen LogP contribution in [0.1, 0.15) is 5.56 Å². The fraction of sp³-hybridized carbons (Fsp3) is 0.111. The van der Waals surface area contributed by atoms with Gasteiger partial charge in [-0.1, -0.05) is 29.3 Å². The summed E-state index contributed by atoms with van der Waals surface area (Å²) in [5.41, 5.74) is 2.00. The lowest BCUT2D eigenvalue weighted by Gasteiger charge is -2.13. The number of nitrogens with zero attached hydrogens (tertiary/aromatic N) is 1. The zero-order valence-electron chi connectivity index (χ0n) is 12.8. The molecule has 3 aromatic rings. The van der Waals surface area contributed by atoms with Gasteiger partial charge in [0.1, 0.15) is 6.54 Å². The third-order valence-corrected chi connectivity index (χ3v) is 4.44. The second-order valence-corrected chi connectivity index (χ2v) is 6.27. The van der Waals surface area contributed by atoms with Crippen LogP contribution in [0.2, 0.25) is 10.0 Å². The summed E-state index contributed by atoms with van der Waals surface area (Å²) < 4.78 is 1.71. The molecule has 0 aliphatic carbocycles. The average Bonchev–Trinajstić information content (AvgIpc) is 2.55. The third kappa shape index (κ3) is 3.30. The normalized spacial score (nSPS) is 10.8. The van der Waals surface area contributed by atoms with Gasteiger partial charge in [0.15, 0.2) is 5.43 Å². The minimum Gasteiger partial charge on any atom is -0.338 e. The predicted molar refractivity (Wildman–Crippen MR) is 98.0 cm³/mol. The molecule has 0 fully saturated rings. The van der Waals surface area contributed by atoms with Crippen LogP contribution >= 0.6 is 23.2 Å². The number of rotatable bonds is 3. The van der Waals surface area contributed by atoms with Crippen LogP contribution in [0.4, 0.5) is 5.69 Å². The lowest BCUT2D eigenvalue weighted by Crippen LogP contribution is -2.20. The molecule has 3 rings (SSSR count). The lowest BCUT2D eigenvalue weighted by atomic mass is 10.2. The van der Waals surface area contributed by atoms with Crippen molar-refractivity contribution >= 4 is 45.7 Å². The van der Waals surface area contributed by atoms with Gasteiger partial charge in [-0.05, 0) is 42.8 Å². The van der Waals surface area contributed by atoms with Gasteiger partial charge in [-0.2, -0.15) is 0 Å². The van der Waals surface area contributed by atoms with Gasteiger partial charge in [0.05, 0.1) is 5.52 Å². The quantitative estimate of drug-likeness (QED) is 0.758. The summed E-state index contributed by atoms with van der Waals surface area (Å²) in [6, 6.07) is 11.8. The molecule has 1 N–H and O–H groups in total. The molecular formula is C18H14Cl2N2O2. The summed E-state index contributed by atoms with van der Waals surface area (Å²) >= 11 is 12.0. The molecule has 24 heavy (non-hydrogen) atoms. The zero-order chi connectivity index (χ0) is 17.3. The fourth-order valence-corrected chi connectivity index (χ4v) is 2.86. The van der Waals surface area contributed by atoms with Crippen LogP contribution in [0.5, 0.6) is 0 Å². The molecule has 0 aliphatic rings. The van der Waals surface area contributed by atoms with Gasteiger partial charge in [0, 0.05) is 33.4 Å². The molecule has 1 heterocycles. The maximum atomic E-state index is 12.4. The Kier molecular flexibility index (Phi) is 4.60. The first-order valence-corrected chi connectivity index (χ1v) is 8.05. The number of anilines is 1. The van der Waals surface area contributed by atoms with E-state index in [2.05, 4.69) is 5.32 Å². The van der Waals surface area contributed by atoms with Crippen molar-refractivity contribution < 1.29 is 4.79 Å². The number of nitrogens with one attached hydrogen (secondary N) is 1. The van der Waals surface area contributed by atoms with Crippen molar-refractivity contribution in [2.45, 2.75) is 13.5 Å². The van der Waals surface area contributed by atoms with Crippen molar-refractivity contribution in [2.24, 2.45) is 0 Å². The molecule has 0 saturated heterocycles. The lowest BCUT2D eigenvalue weighted by molar-refractivity contribution is -0.116. The van der Waals surface area contributed by atoms with Crippen molar-refractivity contribution in [1.29, 1.82) is 0 Å². The Balaban J connectivity index is 1.90. The van der Waals surface area contributed by atoms with E-state index < -0.39 is 0 Å². The molecule has 1 amide bonds. The highest BCUT2D eigenvalue weighted by molar-refractivity contribution is 6.32. The van der Waals surface area contributed by atoms with Gasteiger partial charge in [0.25, 0.3) is 0 Å². The summed E-state index contributed by atoms with van der Waals surface area (Å²) in [7, 11) is 0. The van der Waals surface area contributed by atoms with Crippen molar-refractivity contribution in [3.05, 3.63) is 74.5 Å². The van der Waals surface area contributed by atoms with E-state index in [1.54, 1.807) is 47.2 Å². The molecule has 122 valence electrons. The van der Waals surface area contributed by atoms with Gasteiger partial charge in [0.2, 0.25) is 5.91 Å². The van der Waals surface area contributed by atoms with Gasteiger partial charge in [-0.15, -0.1) is 0 Å². The van der Waals surface area contributed by atoms with E-state index in [1.807, 2.05) is 6.92 Å². The highest BCUT2D eigenvalue weighted by atomic mass is 35.5. The first kappa shape index (κ1) is 16.6. The molecule has 4 nitrogen and oxygen atoms in total. The summed E-state index contributed by atoms with van der Waals surface area (Å²) in [6.07, 6.45) is 1.60. The number of carbonyl (C=O) groups is 1. The number of pyridine rings is 1. The van der Waals surface area contributed by atoms with E-state index in [1.165, 1.54) is 6.07 Å². The van der Waals surface area contributed by atoms with Crippen LogP contribution in [0.3, 0.4) is 0 Å². The molecule has 0 bridgehead atoms. The Labute approximate surface area is 148 Å². The van der Waals surface area contributed by atoms with E-state index in [9.17, 15) is 9.59 Å². The Hall–Kier alpha value is -2.30. The van der Waals surface area contributed by atoms with E-state index in [0.29, 0.717) is 26.6 Å². The number of hydrogen-bond acceptors (Lipinski definition) is 2. The van der Waals surface area contributed by atoms with Gasteiger partial charge >= 0.3 is 0 Å². The highest BCUT2D eigenvalue weighted by Crippen LogP contribution is 2.23. The largest absolute Gasteiger partial charge is 0.338 e. The number of carbonyl (C=O) groups excluding carboxylic acids is 1. The monoisotopic (exact) mass is 360 g/mol. The highest BCUT2D eigenvalue weighted by Gasteiger charge is 2.10. The molecule has 0 unspecified atom stereocenters. The SMILES string of the molecule is Cc1c(Cl)cccc1NC(=O)Cn1ccc(=O)c2cc(Cl)ccc21. The maximum Gasteiger partial charge on any atom is 0.244 e. The first-order valence-electron chi connectivity index (χ1n) is 7.29. The van der Waals surface area contributed by atoms with E-state index >= 15 is 0 Å². The zero-order valence-corrected chi connectivity index (χ0v) is 14.4. The third-order valence-electron chi connectivity index (χ3n) is 3.80. The first-order chi connectivity index (χ1) is 11.5. The number of hydrogen-bond donors (Lipinski definition) is 1. The van der Waals surface area contributed by atoms with Crippen molar-refractivity contribution in [2.75, 3.05) is 5.32 Å². The number of aromatic nitrogens is 1. The molecule has 2 aromatic carbocycles. The van der Waals surface area contributed by atoms with E-state index in [0.717, 1.165) is 5.56 Å². The van der Waals surface area contributed by atoms with Crippen LogP contribution in [0.15, 0.2) is 53.5 Å². The number of halogens is 2. The number of fused-ring (bicyclic) bond motifs is 1. The average molecular weight is 361 g/mol. The molecule has 0 aliphatic heterocycles. The van der Waals surface area contributed by atoms with Gasteiger partial charge in [-0.3, -0.25) is 9.59 Å². The maximum absolute atomic E-state index is 12.4. The molecule has 0 radical (unpaired) electrons. The Bertz CT molecular complexity index is 996. The van der Waals surface area contributed by atoms with Gasteiger partial charge < -0.3 is 9.88 Å². The second kappa shape index (κ2) is 6.67. The van der Waals surface area contributed by atoms with Crippen LogP contribution in [-0.2, 0) is 11.3 Å². The topological polar surface area (TPSA) is 51.1 Å². The molecule has 0 spiro atoms. The Morgan fingerprint density at radius 2 is 1.96 bits per heavy atom. The van der Waals surface area contributed by atoms with Crippen LogP contribution in [-0.4, -0.2) is 10.5 Å². The summed E-state index contributed by atoms with van der Waals surface area (Å²) in [5, 5.41) is 4.40. The smallest absolute Gasteiger partial charge is 0.244 e. The van der Waals surface area contributed by atoms with Gasteiger partial charge in [-0.25, -0.2) is 0 Å².